The molecule has 0 aliphatic heterocycles. The predicted molar refractivity (Wildman–Crippen MR) is 68.1 cm³/mol. The highest BCUT2D eigenvalue weighted by molar-refractivity contribution is 5.39. The average Bonchev–Trinajstić information content (AvgIpc) is 2.79. The molecule has 0 fully saturated rings. The first-order chi connectivity index (χ1) is 8.30. The van der Waals surface area contributed by atoms with Gasteiger partial charge in [-0.15, -0.1) is 0 Å². The third-order valence-electron chi connectivity index (χ3n) is 2.69. The van der Waals surface area contributed by atoms with Crippen LogP contribution < -0.4 is 5.32 Å². The van der Waals surface area contributed by atoms with Crippen LogP contribution in [0.25, 0.3) is 0 Å². The van der Waals surface area contributed by atoms with Crippen molar-refractivity contribution < 1.29 is 9.84 Å². The van der Waals surface area contributed by atoms with Crippen LogP contribution >= 0.6 is 0 Å². The summed E-state index contributed by atoms with van der Waals surface area (Å²) < 4.78 is 7.04. The van der Waals surface area contributed by atoms with Gasteiger partial charge in [0.2, 0.25) is 0 Å². The van der Waals surface area contributed by atoms with Crippen LogP contribution in [0.2, 0.25) is 0 Å². The van der Waals surface area contributed by atoms with Crippen LogP contribution in [-0.2, 0) is 11.3 Å². The zero-order valence-electron chi connectivity index (χ0n) is 10.7. The largest absolute Gasteiger partial charge is 0.394 e. The van der Waals surface area contributed by atoms with Crippen molar-refractivity contribution in [1.82, 2.24) is 9.78 Å². The number of hydrogen-bond donors (Lipinski definition) is 2. The van der Waals surface area contributed by atoms with E-state index >= 15 is 0 Å². The Morgan fingerprint density at radius 3 is 2.82 bits per heavy atom. The predicted octanol–water partition coefficient (Wildman–Crippen LogP) is 1.49. The minimum absolute atomic E-state index is 0.0700. The van der Waals surface area contributed by atoms with Crippen molar-refractivity contribution >= 4 is 5.69 Å². The van der Waals surface area contributed by atoms with Crippen molar-refractivity contribution in [2.75, 3.05) is 25.1 Å². The Labute approximate surface area is 103 Å². The molecule has 5 nitrogen and oxygen atoms in total. The summed E-state index contributed by atoms with van der Waals surface area (Å²) in [6.45, 7) is 6.10. The number of hydrogen-bond acceptors (Lipinski definition) is 4. The van der Waals surface area contributed by atoms with Crippen LogP contribution in [0.15, 0.2) is 12.4 Å². The number of nitrogens with one attached hydrogen (secondary N) is 1. The molecule has 1 heterocycles. The van der Waals surface area contributed by atoms with E-state index in [1.54, 1.807) is 0 Å². The average molecular weight is 241 g/mol. The maximum absolute atomic E-state index is 8.56. The van der Waals surface area contributed by atoms with E-state index < -0.39 is 0 Å². The summed E-state index contributed by atoms with van der Waals surface area (Å²) in [5.41, 5.74) is 1.06. The van der Waals surface area contributed by atoms with E-state index in [1.807, 2.05) is 17.1 Å². The summed E-state index contributed by atoms with van der Waals surface area (Å²) in [6.07, 6.45) is 6.05. The molecule has 1 aromatic rings. The summed E-state index contributed by atoms with van der Waals surface area (Å²) >= 11 is 0. The number of aliphatic hydroxyl groups excluding tert-OH is 1. The molecule has 2 N–H and O–H groups in total. The fourth-order valence-electron chi connectivity index (χ4n) is 1.61. The van der Waals surface area contributed by atoms with E-state index in [0.29, 0.717) is 25.8 Å². The molecule has 0 bridgehead atoms. The maximum atomic E-state index is 8.56. The third kappa shape index (κ3) is 5.19. The number of aromatic nitrogens is 2. The minimum atomic E-state index is 0.0700. The van der Waals surface area contributed by atoms with Crippen LogP contribution in [0.5, 0.6) is 0 Å². The molecule has 1 rings (SSSR count). The highest BCUT2D eigenvalue weighted by atomic mass is 16.5. The normalized spacial score (nSPS) is 11.1. The van der Waals surface area contributed by atoms with Crippen molar-refractivity contribution in [2.24, 2.45) is 0 Å². The standard InChI is InChI=1S/C12H23N3O2/c1-3-11(4-2)14-12-9-13-15(10-12)5-7-17-8-6-16/h9-11,14,16H,3-8H2,1-2H3. The van der Waals surface area contributed by atoms with Gasteiger partial charge >= 0.3 is 0 Å². The molecule has 5 heteroatoms. The van der Waals surface area contributed by atoms with Crippen LogP contribution in [0.3, 0.4) is 0 Å². The summed E-state index contributed by atoms with van der Waals surface area (Å²) in [6, 6.07) is 0.512. The van der Waals surface area contributed by atoms with Gasteiger partial charge in [-0.25, -0.2) is 0 Å². The highest BCUT2D eigenvalue weighted by Crippen LogP contribution is 2.10. The lowest BCUT2D eigenvalue weighted by atomic mass is 10.2. The molecule has 0 amide bonds. The van der Waals surface area contributed by atoms with Crippen molar-refractivity contribution in [1.29, 1.82) is 0 Å². The molecule has 0 aromatic carbocycles. The quantitative estimate of drug-likeness (QED) is 0.643. The Morgan fingerprint density at radius 1 is 1.41 bits per heavy atom. The van der Waals surface area contributed by atoms with E-state index in [0.717, 1.165) is 18.5 Å². The number of rotatable bonds is 9. The first-order valence-electron chi connectivity index (χ1n) is 6.27. The molecular formula is C12H23N3O2. The number of ether oxygens (including phenoxy) is 1. The molecule has 17 heavy (non-hydrogen) atoms. The fourth-order valence-corrected chi connectivity index (χ4v) is 1.61. The molecule has 0 radical (unpaired) electrons. The lowest BCUT2D eigenvalue weighted by Gasteiger charge is -2.13. The second-order valence-corrected chi connectivity index (χ2v) is 3.99. The molecule has 0 saturated heterocycles. The highest BCUT2D eigenvalue weighted by Gasteiger charge is 2.04. The van der Waals surface area contributed by atoms with Gasteiger partial charge in [0.25, 0.3) is 0 Å². The van der Waals surface area contributed by atoms with E-state index in [2.05, 4.69) is 24.3 Å². The van der Waals surface area contributed by atoms with Crippen molar-refractivity contribution in [2.45, 2.75) is 39.3 Å². The Kier molecular flexibility index (Phi) is 6.65. The van der Waals surface area contributed by atoms with Crippen molar-refractivity contribution in [3.05, 3.63) is 12.4 Å². The maximum Gasteiger partial charge on any atom is 0.0728 e. The van der Waals surface area contributed by atoms with Crippen molar-refractivity contribution in [3.63, 3.8) is 0 Å². The summed E-state index contributed by atoms with van der Waals surface area (Å²) in [4.78, 5) is 0. The summed E-state index contributed by atoms with van der Waals surface area (Å²) in [7, 11) is 0. The van der Waals surface area contributed by atoms with Gasteiger partial charge in [0.15, 0.2) is 0 Å². The zero-order valence-corrected chi connectivity index (χ0v) is 10.7. The van der Waals surface area contributed by atoms with Gasteiger partial charge in [-0.2, -0.15) is 5.10 Å². The SMILES string of the molecule is CCC(CC)Nc1cnn(CCOCCO)c1. The Bertz CT molecular complexity index is 298. The molecule has 98 valence electrons. The van der Waals surface area contributed by atoms with E-state index in [4.69, 9.17) is 9.84 Å². The first kappa shape index (κ1) is 14.0. The Hall–Kier alpha value is -1.07. The summed E-state index contributed by atoms with van der Waals surface area (Å²) in [5, 5.41) is 16.2. The molecule has 0 saturated carbocycles. The van der Waals surface area contributed by atoms with Gasteiger partial charge in [-0.05, 0) is 12.8 Å². The van der Waals surface area contributed by atoms with Crippen LogP contribution in [0.4, 0.5) is 5.69 Å². The van der Waals surface area contributed by atoms with E-state index in [1.165, 1.54) is 0 Å². The molecular weight excluding hydrogens is 218 g/mol. The summed E-state index contributed by atoms with van der Waals surface area (Å²) in [5.74, 6) is 0. The molecule has 1 aromatic heterocycles. The monoisotopic (exact) mass is 241 g/mol. The second-order valence-electron chi connectivity index (χ2n) is 3.99. The van der Waals surface area contributed by atoms with Crippen LogP contribution in [0, 0.1) is 0 Å². The first-order valence-corrected chi connectivity index (χ1v) is 6.27. The Balaban J connectivity index is 2.32. The van der Waals surface area contributed by atoms with E-state index in [9.17, 15) is 0 Å². The van der Waals surface area contributed by atoms with Crippen molar-refractivity contribution in [3.8, 4) is 0 Å². The molecule has 0 spiro atoms. The number of anilines is 1. The van der Waals surface area contributed by atoms with Gasteiger partial charge < -0.3 is 15.2 Å². The molecule has 0 aliphatic rings. The van der Waals surface area contributed by atoms with Gasteiger partial charge in [0, 0.05) is 12.2 Å². The third-order valence-corrected chi connectivity index (χ3v) is 2.69. The van der Waals surface area contributed by atoms with Gasteiger partial charge in [-0.1, -0.05) is 13.8 Å². The topological polar surface area (TPSA) is 59.3 Å². The van der Waals surface area contributed by atoms with Gasteiger partial charge in [0.1, 0.15) is 0 Å². The van der Waals surface area contributed by atoms with Gasteiger partial charge in [-0.3, -0.25) is 4.68 Å². The molecule has 0 atom stereocenters. The van der Waals surface area contributed by atoms with Crippen LogP contribution in [0.1, 0.15) is 26.7 Å². The van der Waals surface area contributed by atoms with Crippen LogP contribution in [-0.4, -0.2) is 40.7 Å². The zero-order chi connectivity index (χ0) is 12.5. The molecule has 0 unspecified atom stereocenters. The lowest BCUT2D eigenvalue weighted by molar-refractivity contribution is 0.0854. The number of aliphatic hydroxyl groups is 1. The molecule has 0 aliphatic carbocycles. The second kappa shape index (κ2) is 8.08. The fraction of sp³-hybridized carbons (Fsp3) is 0.750. The smallest absolute Gasteiger partial charge is 0.0728 e. The minimum Gasteiger partial charge on any atom is -0.394 e. The van der Waals surface area contributed by atoms with E-state index in [-0.39, 0.29) is 6.61 Å². The number of nitrogens with zero attached hydrogens (tertiary/aromatic N) is 2. The Morgan fingerprint density at radius 2 is 2.18 bits per heavy atom. The van der Waals surface area contributed by atoms with Gasteiger partial charge in [0.05, 0.1) is 38.2 Å². The lowest BCUT2D eigenvalue weighted by Crippen LogP contribution is -2.16.